The molecule has 1 heterocycles. The molecule has 2 aromatic rings. The molecular formula is C17H17ClN2OS. The molecule has 3 nitrogen and oxygen atoms in total. The summed E-state index contributed by atoms with van der Waals surface area (Å²) in [6.45, 7) is 3.50. The Hall–Kier alpha value is -1.65. The van der Waals surface area contributed by atoms with Gasteiger partial charge < -0.3 is 9.62 Å². The third-order valence-electron chi connectivity index (χ3n) is 3.61. The van der Waals surface area contributed by atoms with Crippen molar-refractivity contribution in [3.8, 4) is 0 Å². The summed E-state index contributed by atoms with van der Waals surface area (Å²) in [7, 11) is 0. The molecule has 0 aromatic heterocycles. The summed E-state index contributed by atoms with van der Waals surface area (Å²) < 4.78 is 2.22. The Morgan fingerprint density at radius 1 is 1.27 bits per heavy atom. The fourth-order valence-electron chi connectivity index (χ4n) is 2.24. The number of carbonyl (C=O) groups is 1. The quantitative estimate of drug-likeness (QED) is 0.857. The number of aryl methyl sites for hydroxylation is 1. The first-order chi connectivity index (χ1) is 10.6. The first kappa shape index (κ1) is 15.3. The van der Waals surface area contributed by atoms with Gasteiger partial charge in [0.05, 0.1) is 0 Å². The number of rotatable bonds is 4. The molecule has 0 radical (unpaired) electrons. The van der Waals surface area contributed by atoms with E-state index < -0.39 is 0 Å². The van der Waals surface area contributed by atoms with E-state index in [1.165, 1.54) is 5.75 Å². The highest BCUT2D eigenvalue weighted by Gasteiger charge is 2.16. The maximum atomic E-state index is 12.2. The van der Waals surface area contributed by atoms with Crippen molar-refractivity contribution in [3.63, 3.8) is 0 Å². The monoisotopic (exact) mass is 332 g/mol. The van der Waals surface area contributed by atoms with Crippen LogP contribution in [0.3, 0.4) is 0 Å². The molecule has 0 bridgehead atoms. The molecule has 1 amide bonds. The lowest BCUT2D eigenvalue weighted by molar-refractivity contribution is 0.0951. The van der Waals surface area contributed by atoms with Gasteiger partial charge in [0.15, 0.2) is 0 Å². The molecule has 0 atom stereocenters. The van der Waals surface area contributed by atoms with Crippen LogP contribution in [-0.4, -0.2) is 18.2 Å². The third kappa shape index (κ3) is 3.39. The number of hydrogen-bond donors (Lipinski definition) is 1. The summed E-state index contributed by atoms with van der Waals surface area (Å²) in [5.41, 5.74) is 3.85. The minimum Gasteiger partial charge on any atom is -0.348 e. The fraction of sp³-hybridized carbons (Fsp3) is 0.235. The predicted octanol–water partition coefficient (Wildman–Crippen LogP) is 4.05. The molecule has 5 heteroatoms. The molecule has 3 rings (SSSR count). The van der Waals surface area contributed by atoms with Crippen LogP contribution in [0, 0.1) is 6.92 Å². The van der Waals surface area contributed by atoms with Crippen molar-refractivity contribution in [3.05, 3.63) is 64.2 Å². The van der Waals surface area contributed by atoms with Gasteiger partial charge in [0.2, 0.25) is 0 Å². The Bertz CT molecular complexity index is 684. The molecule has 1 N–H and O–H groups in total. The summed E-state index contributed by atoms with van der Waals surface area (Å²) in [5, 5.41) is 3.60. The second-order valence-electron chi connectivity index (χ2n) is 5.26. The zero-order valence-corrected chi connectivity index (χ0v) is 13.9. The van der Waals surface area contributed by atoms with Crippen LogP contribution in [0.15, 0.2) is 42.5 Å². The summed E-state index contributed by atoms with van der Waals surface area (Å²) in [6, 6.07) is 13.5. The van der Waals surface area contributed by atoms with Gasteiger partial charge in [0.1, 0.15) is 0 Å². The second kappa shape index (κ2) is 6.63. The van der Waals surface area contributed by atoms with E-state index in [4.69, 9.17) is 11.6 Å². The molecule has 1 saturated heterocycles. The van der Waals surface area contributed by atoms with Gasteiger partial charge in [0.25, 0.3) is 5.91 Å². The number of amides is 1. The van der Waals surface area contributed by atoms with Crippen molar-refractivity contribution in [2.24, 2.45) is 0 Å². The number of benzene rings is 2. The van der Waals surface area contributed by atoms with Crippen LogP contribution >= 0.6 is 23.5 Å². The van der Waals surface area contributed by atoms with Crippen molar-refractivity contribution >= 4 is 35.1 Å². The number of anilines is 1. The summed E-state index contributed by atoms with van der Waals surface area (Å²) in [6.07, 6.45) is 0. The summed E-state index contributed by atoms with van der Waals surface area (Å²) >= 11 is 7.98. The predicted molar refractivity (Wildman–Crippen MR) is 93.6 cm³/mol. The van der Waals surface area contributed by atoms with Gasteiger partial charge in [-0.3, -0.25) is 4.79 Å². The molecule has 1 aliphatic rings. The number of carbonyl (C=O) groups excluding carboxylic acids is 1. The largest absolute Gasteiger partial charge is 0.348 e. The van der Waals surface area contributed by atoms with Gasteiger partial charge in [-0.1, -0.05) is 23.7 Å². The maximum Gasteiger partial charge on any atom is 0.251 e. The SMILES string of the molecule is Cc1ccc(CNC(=O)c2ccc(N3CCS3)cc2)c(Cl)c1. The Labute approximate surface area is 139 Å². The average Bonchev–Trinajstić information content (AvgIpc) is 2.45. The van der Waals surface area contributed by atoms with E-state index in [-0.39, 0.29) is 5.91 Å². The minimum atomic E-state index is -0.0838. The third-order valence-corrected chi connectivity index (χ3v) is 5.03. The first-order valence-corrected chi connectivity index (χ1v) is 8.49. The van der Waals surface area contributed by atoms with Gasteiger partial charge in [0, 0.05) is 35.1 Å². The second-order valence-corrected chi connectivity index (χ2v) is 6.77. The van der Waals surface area contributed by atoms with E-state index in [2.05, 4.69) is 9.62 Å². The lowest BCUT2D eigenvalue weighted by Crippen LogP contribution is -2.29. The van der Waals surface area contributed by atoms with E-state index in [1.54, 1.807) is 11.9 Å². The smallest absolute Gasteiger partial charge is 0.251 e. The molecule has 0 spiro atoms. The highest BCUT2D eigenvalue weighted by Crippen LogP contribution is 2.29. The van der Waals surface area contributed by atoms with E-state index in [1.807, 2.05) is 49.4 Å². The first-order valence-electron chi connectivity index (χ1n) is 7.17. The molecule has 0 aliphatic carbocycles. The molecule has 1 aliphatic heterocycles. The van der Waals surface area contributed by atoms with Crippen molar-refractivity contribution < 1.29 is 4.79 Å². The van der Waals surface area contributed by atoms with Crippen molar-refractivity contribution in [2.75, 3.05) is 16.6 Å². The highest BCUT2D eigenvalue weighted by atomic mass is 35.5. The van der Waals surface area contributed by atoms with Crippen LogP contribution < -0.4 is 9.62 Å². The highest BCUT2D eigenvalue weighted by molar-refractivity contribution is 8.02. The van der Waals surface area contributed by atoms with Crippen LogP contribution in [0.4, 0.5) is 5.69 Å². The Balaban J connectivity index is 1.61. The summed E-state index contributed by atoms with van der Waals surface area (Å²) in [4.78, 5) is 12.2. The zero-order valence-electron chi connectivity index (χ0n) is 12.3. The zero-order chi connectivity index (χ0) is 15.5. The van der Waals surface area contributed by atoms with Crippen LogP contribution in [0.1, 0.15) is 21.5 Å². The molecule has 2 aromatic carbocycles. The van der Waals surface area contributed by atoms with Crippen LogP contribution in [-0.2, 0) is 6.54 Å². The fourth-order valence-corrected chi connectivity index (χ4v) is 3.18. The number of nitrogens with one attached hydrogen (secondary N) is 1. The molecule has 0 saturated carbocycles. The van der Waals surface area contributed by atoms with Gasteiger partial charge in [-0.2, -0.15) is 0 Å². The van der Waals surface area contributed by atoms with E-state index in [0.29, 0.717) is 17.1 Å². The minimum absolute atomic E-state index is 0.0838. The average molecular weight is 333 g/mol. The van der Waals surface area contributed by atoms with Crippen molar-refractivity contribution in [1.29, 1.82) is 0 Å². The van der Waals surface area contributed by atoms with Gasteiger partial charge >= 0.3 is 0 Å². The summed E-state index contributed by atoms with van der Waals surface area (Å²) in [5.74, 6) is 1.08. The lowest BCUT2D eigenvalue weighted by Gasteiger charge is -2.31. The molecule has 1 fully saturated rings. The molecule has 22 heavy (non-hydrogen) atoms. The molecule has 0 unspecified atom stereocenters. The Kier molecular flexibility index (Phi) is 4.60. The van der Waals surface area contributed by atoms with E-state index in [9.17, 15) is 4.79 Å². The maximum absolute atomic E-state index is 12.2. The van der Waals surface area contributed by atoms with Crippen LogP contribution in [0.25, 0.3) is 0 Å². The van der Waals surface area contributed by atoms with Crippen LogP contribution in [0.5, 0.6) is 0 Å². The molecule has 114 valence electrons. The number of nitrogens with zero attached hydrogens (tertiary/aromatic N) is 1. The van der Waals surface area contributed by atoms with Gasteiger partial charge in [-0.15, -0.1) is 0 Å². The standard InChI is InChI=1S/C17H17ClN2OS/c1-12-2-3-14(16(18)10-12)11-19-17(21)13-4-6-15(7-5-13)20-8-9-22-20/h2-7,10H,8-9,11H2,1H3,(H,19,21). The van der Waals surface area contributed by atoms with E-state index in [0.717, 1.165) is 23.4 Å². The van der Waals surface area contributed by atoms with E-state index >= 15 is 0 Å². The van der Waals surface area contributed by atoms with Crippen molar-refractivity contribution in [1.82, 2.24) is 5.32 Å². The lowest BCUT2D eigenvalue weighted by atomic mass is 10.1. The van der Waals surface area contributed by atoms with Crippen LogP contribution in [0.2, 0.25) is 5.02 Å². The normalized spacial score (nSPS) is 13.6. The van der Waals surface area contributed by atoms with Gasteiger partial charge in [-0.25, -0.2) is 0 Å². The molecular weight excluding hydrogens is 316 g/mol. The Morgan fingerprint density at radius 3 is 2.59 bits per heavy atom. The topological polar surface area (TPSA) is 32.3 Å². The Morgan fingerprint density at radius 2 is 2.00 bits per heavy atom. The van der Waals surface area contributed by atoms with Crippen molar-refractivity contribution in [2.45, 2.75) is 13.5 Å². The number of halogens is 1. The van der Waals surface area contributed by atoms with Gasteiger partial charge in [-0.05, 0) is 60.3 Å². The number of hydrogen-bond acceptors (Lipinski definition) is 3.